The predicted octanol–water partition coefficient (Wildman–Crippen LogP) is 2.81. The number of aliphatic imine (C=N–C) groups is 1. The average Bonchev–Trinajstić information content (AvgIpc) is 2.36. The third kappa shape index (κ3) is 2.20. The normalized spacial score (nSPS) is 16.2. The second-order valence-corrected chi connectivity index (χ2v) is 5.05. The van der Waals surface area contributed by atoms with Gasteiger partial charge >= 0.3 is 5.97 Å². The van der Waals surface area contributed by atoms with Gasteiger partial charge in [0.25, 0.3) is 0 Å². The van der Waals surface area contributed by atoms with Crippen LogP contribution in [0.1, 0.15) is 46.3 Å². The van der Waals surface area contributed by atoms with Gasteiger partial charge in [-0.3, -0.25) is 0 Å². The number of hydrogen-bond acceptors (Lipinski definition) is 4. The molecule has 0 aromatic heterocycles. The smallest absolute Gasteiger partial charge is 0.337 e. The Bertz CT molecular complexity index is 567. The standard InChI is InChI=1S/C15H17NO3/c1-10-7-12(14(18)19-3)8-13(11(10)2)15(16-9-17)5-4-6-15/h7-8H,4-6H2,1-3H3. The highest BCUT2D eigenvalue weighted by Gasteiger charge is 2.40. The fourth-order valence-corrected chi connectivity index (χ4v) is 2.62. The Labute approximate surface area is 112 Å². The van der Waals surface area contributed by atoms with Crippen molar-refractivity contribution in [2.45, 2.75) is 38.6 Å². The molecule has 0 aliphatic heterocycles. The molecular weight excluding hydrogens is 242 g/mol. The van der Waals surface area contributed by atoms with E-state index in [9.17, 15) is 9.59 Å². The second kappa shape index (κ2) is 4.98. The molecule has 2 rings (SSSR count). The maximum absolute atomic E-state index is 11.7. The van der Waals surface area contributed by atoms with E-state index in [2.05, 4.69) is 4.99 Å². The quantitative estimate of drug-likeness (QED) is 0.476. The molecule has 1 fully saturated rings. The van der Waals surface area contributed by atoms with Gasteiger partial charge in [-0.2, -0.15) is 4.99 Å². The monoisotopic (exact) mass is 259 g/mol. The zero-order valence-electron chi connectivity index (χ0n) is 11.4. The Balaban J connectivity index is 2.59. The van der Waals surface area contributed by atoms with E-state index >= 15 is 0 Å². The van der Waals surface area contributed by atoms with Crippen molar-refractivity contribution in [1.82, 2.24) is 0 Å². The molecule has 4 heteroatoms. The molecular formula is C15H17NO3. The number of methoxy groups -OCH3 is 1. The minimum Gasteiger partial charge on any atom is -0.465 e. The number of rotatable bonds is 3. The molecule has 1 aromatic rings. The van der Waals surface area contributed by atoms with Crippen molar-refractivity contribution in [3.8, 4) is 0 Å². The maximum Gasteiger partial charge on any atom is 0.337 e. The molecule has 0 heterocycles. The van der Waals surface area contributed by atoms with Gasteiger partial charge in [-0.05, 0) is 61.9 Å². The number of carbonyl (C=O) groups excluding carboxylic acids is 2. The van der Waals surface area contributed by atoms with E-state index in [4.69, 9.17) is 4.74 Å². The Kier molecular flexibility index (Phi) is 3.54. The Morgan fingerprint density at radius 2 is 2.05 bits per heavy atom. The third-order valence-corrected chi connectivity index (χ3v) is 4.03. The first-order valence-corrected chi connectivity index (χ1v) is 6.33. The molecule has 0 bridgehead atoms. The van der Waals surface area contributed by atoms with Crippen LogP contribution in [-0.4, -0.2) is 19.2 Å². The van der Waals surface area contributed by atoms with Crippen LogP contribution >= 0.6 is 0 Å². The summed E-state index contributed by atoms with van der Waals surface area (Å²) >= 11 is 0. The molecule has 19 heavy (non-hydrogen) atoms. The van der Waals surface area contributed by atoms with Crippen LogP contribution in [0, 0.1) is 13.8 Å². The predicted molar refractivity (Wildman–Crippen MR) is 70.9 cm³/mol. The summed E-state index contributed by atoms with van der Waals surface area (Å²) in [5, 5.41) is 0. The molecule has 0 unspecified atom stereocenters. The van der Waals surface area contributed by atoms with Gasteiger partial charge in [-0.15, -0.1) is 0 Å². The number of isocyanates is 1. The molecule has 1 aliphatic carbocycles. The zero-order chi connectivity index (χ0) is 14.0. The van der Waals surface area contributed by atoms with E-state index in [0.29, 0.717) is 5.56 Å². The summed E-state index contributed by atoms with van der Waals surface area (Å²) in [5.74, 6) is -0.367. The molecule has 0 spiro atoms. The molecule has 1 saturated carbocycles. The van der Waals surface area contributed by atoms with Crippen LogP contribution < -0.4 is 0 Å². The largest absolute Gasteiger partial charge is 0.465 e. The fourth-order valence-electron chi connectivity index (χ4n) is 2.62. The lowest BCUT2D eigenvalue weighted by Crippen LogP contribution is -2.33. The summed E-state index contributed by atoms with van der Waals surface area (Å²) in [6.07, 6.45) is 4.36. The van der Waals surface area contributed by atoms with Crippen molar-refractivity contribution < 1.29 is 14.3 Å². The Morgan fingerprint density at radius 1 is 1.37 bits per heavy atom. The summed E-state index contributed by atoms with van der Waals surface area (Å²) in [4.78, 5) is 26.4. The van der Waals surface area contributed by atoms with Crippen LogP contribution in [0.15, 0.2) is 17.1 Å². The Hall–Kier alpha value is -1.93. The highest BCUT2D eigenvalue weighted by molar-refractivity contribution is 5.90. The van der Waals surface area contributed by atoms with Gasteiger partial charge in [-0.25, -0.2) is 9.59 Å². The first-order valence-electron chi connectivity index (χ1n) is 6.33. The number of ether oxygens (including phenoxy) is 1. The number of carbonyl (C=O) groups is 1. The van der Waals surface area contributed by atoms with Gasteiger partial charge in [0, 0.05) is 0 Å². The van der Waals surface area contributed by atoms with Crippen LogP contribution in [0.4, 0.5) is 0 Å². The minimum atomic E-state index is -0.485. The highest BCUT2D eigenvalue weighted by atomic mass is 16.5. The maximum atomic E-state index is 11.7. The van der Waals surface area contributed by atoms with Gasteiger partial charge < -0.3 is 4.74 Å². The SMILES string of the molecule is COC(=O)c1cc(C)c(C)c(C2(N=C=O)CCC2)c1. The number of hydrogen-bond donors (Lipinski definition) is 0. The van der Waals surface area contributed by atoms with Crippen molar-refractivity contribution in [3.05, 3.63) is 34.4 Å². The number of benzene rings is 1. The molecule has 0 atom stereocenters. The number of nitrogens with zero attached hydrogens (tertiary/aromatic N) is 1. The summed E-state index contributed by atoms with van der Waals surface area (Å²) < 4.78 is 4.76. The van der Waals surface area contributed by atoms with Crippen LogP contribution in [0.25, 0.3) is 0 Å². The molecule has 0 saturated heterocycles. The number of esters is 1. The second-order valence-electron chi connectivity index (χ2n) is 5.05. The van der Waals surface area contributed by atoms with Gasteiger partial charge in [0.2, 0.25) is 6.08 Å². The molecule has 0 N–H and O–H groups in total. The van der Waals surface area contributed by atoms with Gasteiger partial charge in [0.1, 0.15) is 0 Å². The lowest BCUT2D eigenvalue weighted by Gasteiger charge is -2.38. The van der Waals surface area contributed by atoms with Crippen LogP contribution in [-0.2, 0) is 15.1 Å². The van der Waals surface area contributed by atoms with E-state index in [1.165, 1.54) is 7.11 Å². The Morgan fingerprint density at radius 3 is 2.53 bits per heavy atom. The third-order valence-electron chi connectivity index (χ3n) is 4.03. The van der Waals surface area contributed by atoms with E-state index in [1.54, 1.807) is 12.1 Å². The molecule has 4 nitrogen and oxygen atoms in total. The number of aryl methyl sites for hydroxylation is 1. The van der Waals surface area contributed by atoms with Gasteiger partial charge in [0.15, 0.2) is 0 Å². The van der Waals surface area contributed by atoms with Crippen molar-refractivity contribution in [2.24, 2.45) is 4.99 Å². The minimum absolute atomic E-state index is 0.367. The summed E-state index contributed by atoms with van der Waals surface area (Å²) in [5.41, 5.74) is 3.05. The summed E-state index contributed by atoms with van der Waals surface area (Å²) in [6.45, 7) is 3.94. The van der Waals surface area contributed by atoms with Crippen molar-refractivity contribution in [2.75, 3.05) is 7.11 Å². The molecule has 0 radical (unpaired) electrons. The van der Waals surface area contributed by atoms with Crippen LogP contribution in [0.3, 0.4) is 0 Å². The lowest BCUT2D eigenvalue weighted by molar-refractivity contribution is 0.0600. The summed E-state index contributed by atoms with van der Waals surface area (Å²) in [6, 6.07) is 3.61. The highest BCUT2D eigenvalue weighted by Crippen LogP contribution is 2.46. The first-order chi connectivity index (χ1) is 9.04. The van der Waals surface area contributed by atoms with Crippen molar-refractivity contribution in [1.29, 1.82) is 0 Å². The van der Waals surface area contributed by atoms with Crippen molar-refractivity contribution in [3.63, 3.8) is 0 Å². The molecule has 1 aromatic carbocycles. The van der Waals surface area contributed by atoms with Crippen LogP contribution in [0.2, 0.25) is 0 Å². The van der Waals surface area contributed by atoms with E-state index in [1.807, 2.05) is 19.9 Å². The van der Waals surface area contributed by atoms with E-state index in [0.717, 1.165) is 36.0 Å². The topological polar surface area (TPSA) is 55.7 Å². The van der Waals surface area contributed by atoms with Gasteiger partial charge in [-0.1, -0.05) is 0 Å². The zero-order valence-corrected chi connectivity index (χ0v) is 11.4. The fraction of sp³-hybridized carbons (Fsp3) is 0.467. The molecule has 1 aliphatic rings. The average molecular weight is 259 g/mol. The van der Waals surface area contributed by atoms with Crippen LogP contribution in [0.5, 0.6) is 0 Å². The van der Waals surface area contributed by atoms with Crippen molar-refractivity contribution >= 4 is 12.0 Å². The first kappa shape index (κ1) is 13.5. The molecule has 0 amide bonds. The lowest BCUT2D eigenvalue weighted by atomic mass is 9.70. The van der Waals surface area contributed by atoms with E-state index < -0.39 is 5.54 Å². The molecule has 100 valence electrons. The van der Waals surface area contributed by atoms with Gasteiger partial charge in [0.05, 0.1) is 18.2 Å². The van der Waals surface area contributed by atoms with E-state index in [-0.39, 0.29) is 5.97 Å². The summed E-state index contributed by atoms with van der Waals surface area (Å²) in [7, 11) is 1.36.